The average molecular weight is 344 g/mol. The smallest absolute Gasteiger partial charge is 0.352 e. The molecule has 0 bridgehead atoms. The van der Waals surface area contributed by atoms with E-state index >= 15 is 0 Å². The molecule has 1 aliphatic rings. The van der Waals surface area contributed by atoms with Crippen molar-refractivity contribution in [2.75, 3.05) is 11.9 Å². The Labute approximate surface area is 145 Å². The van der Waals surface area contributed by atoms with E-state index in [1.807, 2.05) is 39.0 Å². The molecule has 25 heavy (non-hydrogen) atoms. The summed E-state index contributed by atoms with van der Waals surface area (Å²) in [6.07, 6.45) is 3.00. The zero-order valence-corrected chi connectivity index (χ0v) is 14.3. The molecule has 1 aliphatic heterocycles. The maximum absolute atomic E-state index is 11.4. The zero-order valence-electron chi connectivity index (χ0n) is 14.3. The lowest BCUT2D eigenvalue weighted by molar-refractivity contribution is -0.132. The highest BCUT2D eigenvalue weighted by molar-refractivity contribution is 5.90. The minimum absolute atomic E-state index is 0.0179. The lowest BCUT2D eigenvalue weighted by Gasteiger charge is -2.23. The molecule has 8 nitrogen and oxygen atoms in total. The molecule has 1 atom stereocenters. The van der Waals surface area contributed by atoms with Crippen LogP contribution in [-0.2, 0) is 4.79 Å². The number of nitrogens with one attached hydrogen (secondary N) is 1. The van der Waals surface area contributed by atoms with Gasteiger partial charge in [-0.05, 0) is 44.5 Å². The van der Waals surface area contributed by atoms with Crippen LogP contribution in [0.3, 0.4) is 0 Å². The second kappa shape index (κ2) is 6.84. The van der Waals surface area contributed by atoms with Crippen molar-refractivity contribution >= 4 is 11.9 Å². The normalized spacial score (nSPS) is 16.0. The maximum Gasteiger partial charge on any atom is 0.352 e. The first-order chi connectivity index (χ1) is 12.0. The van der Waals surface area contributed by atoms with Crippen LogP contribution in [0.15, 0.2) is 36.3 Å². The van der Waals surface area contributed by atoms with E-state index in [2.05, 4.69) is 15.4 Å². The highest BCUT2D eigenvalue weighted by Gasteiger charge is 2.26. The van der Waals surface area contributed by atoms with Crippen LogP contribution in [0.25, 0.3) is 0 Å². The summed E-state index contributed by atoms with van der Waals surface area (Å²) in [6, 6.07) is 5.14. The Bertz CT molecular complexity index is 813. The Morgan fingerprint density at radius 3 is 2.88 bits per heavy atom. The molecule has 0 saturated carbocycles. The summed E-state index contributed by atoms with van der Waals surface area (Å²) in [7, 11) is 0. The van der Waals surface area contributed by atoms with Crippen molar-refractivity contribution < 1.29 is 19.4 Å². The zero-order chi connectivity index (χ0) is 18.0. The lowest BCUT2D eigenvalue weighted by Crippen LogP contribution is -2.24. The first-order valence-corrected chi connectivity index (χ1v) is 8.04. The molecule has 3 rings (SSSR count). The van der Waals surface area contributed by atoms with E-state index in [0.29, 0.717) is 24.1 Å². The largest absolute Gasteiger partial charge is 0.490 e. The van der Waals surface area contributed by atoms with Crippen LogP contribution in [0, 0.1) is 0 Å². The minimum atomic E-state index is -1.05. The minimum Gasteiger partial charge on any atom is -0.490 e. The number of hydrogen-bond acceptors (Lipinski definition) is 6. The number of anilines is 1. The number of rotatable bonds is 6. The first kappa shape index (κ1) is 16.8. The molecule has 0 aliphatic carbocycles. The number of ether oxygens (including phenoxy) is 2. The van der Waals surface area contributed by atoms with E-state index < -0.39 is 12.0 Å². The molecule has 0 radical (unpaired) electrons. The molecule has 0 fully saturated rings. The maximum atomic E-state index is 11.4. The van der Waals surface area contributed by atoms with Gasteiger partial charge in [-0.1, -0.05) is 6.07 Å². The fourth-order valence-electron chi connectivity index (χ4n) is 2.62. The van der Waals surface area contributed by atoms with Gasteiger partial charge >= 0.3 is 5.97 Å². The summed E-state index contributed by atoms with van der Waals surface area (Å²) in [5, 5.41) is 16.3. The van der Waals surface area contributed by atoms with Crippen LogP contribution in [-0.4, -0.2) is 38.6 Å². The van der Waals surface area contributed by atoms with E-state index in [0.717, 1.165) is 5.56 Å². The summed E-state index contributed by atoms with van der Waals surface area (Å²) in [5.74, 6) is 0.587. The van der Waals surface area contributed by atoms with Crippen molar-refractivity contribution in [1.82, 2.24) is 14.8 Å². The van der Waals surface area contributed by atoms with Gasteiger partial charge in [0.2, 0.25) is 5.95 Å². The molecular formula is C17H20N4O4. The Kier molecular flexibility index (Phi) is 4.60. The highest BCUT2D eigenvalue weighted by Crippen LogP contribution is 2.35. The third-order valence-electron chi connectivity index (χ3n) is 3.61. The number of aromatic nitrogens is 3. The molecule has 132 valence electrons. The van der Waals surface area contributed by atoms with Crippen molar-refractivity contribution in [3.8, 4) is 11.5 Å². The van der Waals surface area contributed by atoms with Crippen molar-refractivity contribution in [3.05, 3.63) is 41.9 Å². The van der Waals surface area contributed by atoms with Crippen molar-refractivity contribution in [2.24, 2.45) is 0 Å². The molecule has 1 aromatic heterocycles. The molecule has 0 saturated heterocycles. The third-order valence-corrected chi connectivity index (χ3v) is 3.61. The van der Waals surface area contributed by atoms with Crippen LogP contribution < -0.4 is 14.8 Å². The van der Waals surface area contributed by atoms with E-state index in [1.54, 1.807) is 10.8 Å². The summed E-state index contributed by atoms with van der Waals surface area (Å²) in [4.78, 5) is 15.4. The molecule has 8 heteroatoms. The van der Waals surface area contributed by atoms with Crippen LogP contribution in [0.1, 0.15) is 32.4 Å². The molecule has 0 spiro atoms. The van der Waals surface area contributed by atoms with Crippen LogP contribution in [0.5, 0.6) is 11.5 Å². The highest BCUT2D eigenvalue weighted by atomic mass is 16.5. The Hall–Kier alpha value is -3.03. The molecule has 2 N–H and O–H groups in total. The monoisotopic (exact) mass is 344 g/mol. The molecule has 2 aromatic rings. The molecule has 2 heterocycles. The van der Waals surface area contributed by atoms with Gasteiger partial charge < -0.3 is 19.9 Å². The summed E-state index contributed by atoms with van der Waals surface area (Å²) >= 11 is 0. The Morgan fingerprint density at radius 2 is 2.20 bits per heavy atom. The fraction of sp³-hybridized carbons (Fsp3) is 0.353. The molecule has 0 amide bonds. The van der Waals surface area contributed by atoms with Crippen LogP contribution in [0.4, 0.5) is 5.95 Å². The van der Waals surface area contributed by atoms with Gasteiger partial charge in [0.1, 0.15) is 18.1 Å². The number of benzene rings is 1. The lowest BCUT2D eigenvalue weighted by atomic mass is 10.0. The molecular weight excluding hydrogens is 324 g/mol. The van der Waals surface area contributed by atoms with E-state index in [4.69, 9.17) is 9.47 Å². The van der Waals surface area contributed by atoms with Gasteiger partial charge in [-0.25, -0.2) is 9.48 Å². The van der Waals surface area contributed by atoms with E-state index in [1.165, 1.54) is 6.33 Å². The van der Waals surface area contributed by atoms with Crippen molar-refractivity contribution in [3.63, 3.8) is 0 Å². The number of nitrogens with zero attached hydrogens (tertiary/aromatic N) is 3. The number of carboxylic acid groups (broad SMARTS) is 1. The van der Waals surface area contributed by atoms with Crippen LogP contribution in [0.2, 0.25) is 0 Å². The fourth-order valence-corrected chi connectivity index (χ4v) is 2.62. The summed E-state index contributed by atoms with van der Waals surface area (Å²) in [5.41, 5.74) is 0.887. The molecule has 1 aromatic carbocycles. The topological polar surface area (TPSA) is 98.5 Å². The Balaban J connectivity index is 2.03. The standard InChI is InChI=1S/C17H20N4O4/c1-4-24-15-7-11(5-6-14(15)25-10(2)3)13-8-12(16(22)23)20-17-18-9-19-21(13)17/h5-10,13H,4H2,1-3H3,(H,22,23)(H,18,19,20). The second-order valence-corrected chi connectivity index (χ2v) is 5.79. The van der Waals surface area contributed by atoms with Crippen molar-refractivity contribution in [2.45, 2.75) is 32.9 Å². The Morgan fingerprint density at radius 1 is 1.40 bits per heavy atom. The first-order valence-electron chi connectivity index (χ1n) is 8.04. The van der Waals surface area contributed by atoms with Gasteiger partial charge in [0.25, 0.3) is 0 Å². The predicted molar refractivity (Wildman–Crippen MR) is 90.9 cm³/mol. The number of hydrogen-bond donors (Lipinski definition) is 2. The van der Waals surface area contributed by atoms with Gasteiger partial charge in [-0.15, -0.1) is 0 Å². The third kappa shape index (κ3) is 3.42. The van der Waals surface area contributed by atoms with Crippen molar-refractivity contribution in [1.29, 1.82) is 0 Å². The SMILES string of the molecule is CCOc1cc(C2C=C(C(=O)O)Nc3ncnn32)ccc1OC(C)C. The van der Waals surface area contributed by atoms with Gasteiger partial charge in [0.05, 0.1) is 12.7 Å². The van der Waals surface area contributed by atoms with E-state index in [9.17, 15) is 9.90 Å². The second-order valence-electron chi connectivity index (χ2n) is 5.79. The number of fused-ring (bicyclic) bond motifs is 1. The van der Waals surface area contributed by atoms with Gasteiger partial charge in [-0.2, -0.15) is 10.1 Å². The quantitative estimate of drug-likeness (QED) is 0.830. The number of aliphatic carboxylic acids is 1. The van der Waals surface area contributed by atoms with Crippen LogP contribution >= 0.6 is 0 Å². The number of carbonyl (C=O) groups is 1. The number of allylic oxidation sites excluding steroid dienone is 1. The summed E-state index contributed by atoms with van der Waals surface area (Å²) < 4.78 is 13.1. The van der Waals surface area contributed by atoms with Gasteiger partial charge in [0, 0.05) is 0 Å². The number of carboxylic acids is 1. The van der Waals surface area contributed by atoms with Gasteiger partial charge in [0.15, 0.2) is 11.5 Å². The van der Waals surface area contributed by atoms with Gasteiger partial charge in [-0.3, -0.25) is 0 Å². The van der Waals surface area contributed by atoms with E-state index in [-0.39, 0.29) is 11.8 Å². The predicted octanol–water partition coefficient (Wildman–Crippen LogP) is 2.45. The summed E-state index contributed by atoms with van der Waals surface area (Å²) in [6.45, 7) is 6.28. The molecule has 1 unspecified atom stereocenters. The average Bonchev–Trinajstić information content (AvgIpc) is 3.04.